The van der Waals surface area contributed by atoms with Crippen molar-refractivity contribution in [2.24, 2.45) is 10.4 Å². The lowest BCUT2D eigenvalue weighted by Gasteiger charge is -2.25. The van der Waals surface area contributed by atoms with Crippen LogP contribution in [0.15, 0.2) is 53.9 Å². The first-order valence-electron chi connectivity index (χ1n) is 16.9. The molecule has 10 heteroatoms. The number of H-pyrrole nitrogens is 1. The Bertz CT molecular complexity index is 1210. The van der Waals surface area contributed by atoms with Crippen LogP contribution in [-0.4, -0.2) is 88.4 Å². The first-order chi connectivity index (χ1) is 22.2. The summed E-state index contributed by atoms with van der Waals surface area (Å²) in [5, 5.41) is 0. The third kappa shape index (κ3) is 14.4. The lowest BCUT2D eigenvalue weighted by molar-refractivity contribution is -0.173. The SMILES string of the molecule is CCCN(CCC)CCCCN(CCC(=O)OCOC(=O)C(C)(C)C)Cc1ccc(CN(CC2=NC=CC2)Cc2ncc[nH]2)cc1. The Morgan fingerprint density at radius 3 is 2.04 bits per heavy atom. The number of ether oxygens (including phenoxy) is 2. The molecule has 0 saturated heterocycles. The highest BCUT2D eigenvalue weighted by Gasteiger charge is 2.23. The Kier molecular flexibility index (Phi) is 16.2. The van der Waals surface area contributed by atoms with E-state index < -0.39 is 5.41 Å². The van der Waals surface area contributed by atoms with E-state index >= 15 is 0 Å². The summed E-state index contributed by atoms with van der Waals surface area (Å²) in [5.41, 5.74) is 2.96. The number of esters is 2. The normalized spacial score (nSPS) is 13.2. The maximum Gasteiger partial charge on any atom is 0.314 e. The number of aliphatic imine (C=N–C) groups is 1. The number of unbranched alkanes of at least 4 members (excludes halogenated alkanes) is 1. The summed E-state index contributed by atoms with van der Waals surface area (Å²) in [6.07, 6.45) is 13.3. The second-order valence-electron chi connectivity index (χ2n) is 13.2. The van der Waals surface area contributed by atoms with Gasteiger partial charge in [-0.15, -0.1) is 0 Å². The molecule has 2 aromatic rings. The van der Waals surface area contributed by atoms with Crippen molar-refractivity contribution in [1.29, 1.82) is 0 Å². The van der Waals surface area contributed by atoms with Crippen LogP contribution in [0.4, 0.5) is 0 Å². The first kappa shape index (κ1) is 37.1. The average Bonchev–Trinajstić information content (AvgIpc) is 3.73. The van der Waals surface area contributed by atoms with Gasteiger partial charge in [0.2, 0.25) is 6.79 Å². The third-order valence-electron chi connectivity index (χ3n) is 7.82. The number of nitrogens with zero attached hydrogens (tertiary/aromatic N) is 5. The molecule has 3 rings (SSSR count). The number of hydrogen-bond donors (Lipinski definition) is 1. The number of carbonyl (C=O) groups excluding carboxylic acids is 2. The van der Waals surface area contributed by atoms with Crippen molar-refractivity contribution in [3.8, 4) is 0 Å². The van der Waals surface area contributed by atoms with Crippen molar-refractivity contribution in [2.75, 3.05) is 46.1 Å². The second kappa shape index (κ2) is 20.0. The molecule has 1 aromatic carbocycles. The molecule has 10 nitrogen and oxygen atoms in total. The van der Waals surface area contributed by atoms with Crippen LogP contribution in [0.5, 0.6) is 0 Å². The zero-order valence-electron chi connectivity index (χ0n) is 28.8. The minimum atomic E-state index is -0.636. The van der Waals surface area contributed by atoms with Gasteiger partial charge in [0, 0.05) is 56.9 Å². The van der Waals surface area contributed by atoms with Crippen molar-refractivity contribution in [3.63, 3.8) is 0 Å². The van der Waals surface area contributed by atoms with Crippen molar-refractivity contribution >= 4 is 17.7 Å². The lowest BCUT2D eigenvalue weighted by Crippen LogP contribution is -2.30. The van der Waals surface area contributed by atoms with Gasteiger partial charge in [-0.3, -0.25) is 24.4 Å². The molecule has 0 amide bonds. The minimum absolute atomic E-state index is 0.240. The fraction of sp³-hybridized carbons (Fsp3) is 0.611. The third-order valence-corrected chi connectivity index (χ3v) is 7.82. The largest absolute Gasteiger partial charge is 0.428 e. The van der Waals surface area contributed by atoms with Crippen molar-refractivity contribution in [3.05, 3.63) is 65.9 Å². The quantitative estimate of drug-likeness (QED) is 0.0961. The van der Waals surface area contributed by atoms with E-state index in [2.05, 4.69) is 73.8 Å². The standard InChI is InChI=1S/C36H56N6O4/c1-6-20-40(21-7-2)22-8-9-23-41(24-16-34(43)45-29-46-35(44)36(3,4)5)25-30-12-14-31(15-13-30)26-42(27-32-11-10-17-37-32)28-33-38-18-19-39-33/h10,12-15,17-19H,6-9,11,16,20-29H2,1-5H3,(H,38,39). The predicted octanol–water partition coefficient (Wildman–Crippen LogP) is 5.95. The molecule has 0 fully saturated rings. The maximum atomic E-state index is 12.5. The van der Waals surface area contributed by atoms with E-state index in [-0.39, 0.29) is 25.2 Å². The highest BCUT2D eigenvalue weighted by molar-refractivity contribution is 5.89. The molecule has 1 aliphatic rings. The van der Waals surface area contributed by atoms with E-state index in [1.54, 1.807) is 27.0 Å². The maximum absolute atomic E-state index is 12.5. The summed E-state index contributed by atoms with van der Waals surface area (Å²) < 4.78 is 10.3. The van der Waals surface area contributed by atoms with E-state index in [1.165, 1.54) is 24.0 Å². The van der Waals surface area contributed by atoms with Gasteiger partial charge in [-0.1, -0.05) is 44.2 Å². The molecule has 0 bridgehead atoms. The summed E-state index contributed by atoms with van der Waals surface area (Å²) in [6, 6.07) is 8.78. The number of hydrogen-bond acceptors (Lipinski definition) is 9. The Labute approximate surface area is 276 Å². The summed E-state index contributed by atoms with van der Waals surface area (Å²) in [4.78, 5) is 43.9. The predicted molar refractivity (Wildman–Crippen MR) is 183 cm³/mol. The van der Waals surface area contributed by atoms with Crippen molar-refractivity contribution in [2.45, 2.75) is 92.8 Å². The molecule has 1 N–H and O–H groups in total. The average molecular weight is 637 g/mol. The van der Waals surface area contributed by atoms with Gasteiger partial charge in [-0.25, -0.2) is 4.98 Å². The Morgan fingerprint density at radius 1 is 0.826 bits per heavy atom. The molecule has 2 heterocycles. The highest BCUT2D eigenvalue weighted by atomic mass is 16.7. The molecule has 0 radical (unpaired) electrons. The lowest BCUT2D eigenvalue weighted by atomic mass is 9.98. The second-order valence-corrected chi connectivity index (χ2v) is 13.2. The number of benzene rings is 1. The topological polar surface area (TPSA) is 103 Å². The van der Waals surface area contributed by atoms with E-state index in [4.69, 9.17) is 9.47 Å². The highest BCUT2D eigenvalue weighted by Crippen LogP contribution is 2.16. The molecule has 1 aliphatic heterocycles. The Hall–Kier alpha value is -3.34. The van der Waals surface area contributed by atoms with Crippen LogP contribution in [0.1, 0.15) is 90.1 Å². The molecule has 0 saturated carbocycles. The van der Waals surface area contributed by atoms with E-state index in [0.717, 1.165) is 83.2 Å². The van der Waals surface area contributed by atoms with Gasteiger partial charge in [-0.2, -0.15) is 0 Å². The van der Waals surface area contributed by atoms with Crippen LogP contribution >= 0.6 is 0 Å². The number of aromatic nitrogens is 2. The molecular formula is C36H56N6O4. The number of nitrogens with one attached hydrogen (secondary N) is 1. The number of imidazole rings is 1. The van der Waals surface area contributed by atoms with Crippen LogP contribution < -0.4 is 0 Å². The smallest absolute Gasteiger partial charge is 0.314 e. The van der Waals surface area contributed by atoms with Gasteiger partial charge in [0.25, 0.3) is 0 Å². The molecular weight excluding hydrogens is 580 g/mol. The van der Waals surface area contributed by atoms with Crippen LogP contribution in [0, 0.1) is 5.41 Å². The van der Waals surface area contributed by atoms with Crippen LogP contribution in [0.2, 0.25) is 0 Å². The summed E-state index contributed by atoms with van der Waals surface area (Å²) in [5.74, 6) is 0.189. The van der Waals surface area contributed by atoms with Crippen LogP contribution in [-0.2, 0) is 38.7 Å². The first-order valence-corrected chi connectivity index (χ1v) is 16.9. The van der Waals surface area contributed by atoms with E-state index in [1.807, 2.05) is 12.4 Å². The zero-order chi connectivity index (χ0) is 33.2. The van der Waals surface area contributed by atoms with Gasteiger partial charge < -0.3 is 19.4 Å². The Balaban J connectivity index is 1.56. The number of carbonyl (C=O) groups is 2. The molecule has 254 valence electrons. The monoisotopic (exact) mass is 636 g/mol. The summed E-state index contributed by atoms with van der Waals surface area (Å²) in [7, 11) is 0. The van der Waals surface area contributed by atoms with E-state index in [9.17, 15) is 9.59 Å². The fourth-order valence-corrected chi connectivity index (χ4v) is 5.39. The van der Waals surface area contributed by atoms with Crippen LogP contribution in [0.25, 0.3) is 0 Å². The van der Waals surface area contributed by atoms with Gasteiger partial charge in [0.15, 0.2) is 0 Å². The van der Waals surface area contributed by atoms with Gasteiger partial charge in [0.1, 0.15) is 5.82 Å². The zero-order valence-corrected chi connectivity index (χ0v) is 28.8. The van der Waals surface area contributed by atoms with Crippen molar-refractivity contribution < 1.29 is 19.1 Å². The Morgan fingerprint density at radius 2 is 1.48 bits per heavy atom. The van der Waals surface area contributed by atoms with E-state index in [0.29, 0.717) is 6.54 Å². The number of allylic oxidation sites excluding steroid dienone is 1. The number of rotatable bonds is 22. The molecule has 0 atom stereocenters. The molecule has 46 heavy (non-hydrogen) atoms. The molecule has 1 aromatic heterocycles. The van der Waals surface area contributed by atoms with Gasteiger partial charge in [-0.05, 0) is 83.8 Å². The molecule has 0 aliphatic carbocycles. The number of aromatic amines is 1. The van der Waals surface area contributed by atoms with Crippen LogP contribution in [0.3, 0.4) is 0 Å². The fourth-order valence-electron chi connectivity index (χ4n) is 5.39. The summed E-state index contributed by atoms with van der Waals surface area (Å²) in [6.45, 7) is 17.3. The van der Waals surface area contributed by atoms with Gasteiger partial charge >= 0.3 is 11.9 Å². The van der Waals surface area contributed by atoms with Gasteiger partial charge in [0.05, 0.1) is 18.4 Å². The molecule has 0 spiro atoms. The minimum Gasteiger partial charge on any atom is -0.428 e. The molecule has 0 unspecified atom stereocenters. The van der Waals surface area contributed by atoms with Crippen molar-refractivity contribution in [1.82, 2.24) is 24.7 Å². The summed E-state index contributed by atoms with van der Waals surface area (Å²) >= 11 is 0.